The highest BCUT2D eigenvalue weighted by Crippen LogP contribution is 2.46. The fourth-order valence-corrected chi connectivity index (χ4v) is 3.29. The monoisotopic (exact) mass is 357 g/mol. The number of hydrogen-bond donors (Lipinski definition) is 0. The van der Waals surface area contributed by atoms with Crippen LogP contribution in [-0.2, 0) is 18.3 Å². The zero-order valence-electron chi connectivity index (χ0n) is 14.1. The Morgan fingerprint density at radius 2 is 1.96 bits per heavy atom. The molecule has 1 aliphatic rings. The molecule has 0 aromatic heterocycles. The van der Waals surface area contributed by atoms with Crippen LogP contribution in [0.1, 0.15) is 10.4 Å². The average molecular weight is 357 g/mol. The lowest BCUT2D eigenvalue weighted by Crippen LogP contribution is -2.38. The van der Waals surface area contributed by atoms with Gasteiger partial charge in [-0.2, -0.15) is 0 Å². The van der Waals surface area contributed by atoms with E-state index >= 15 is 0 Å². The van der Waals surface area contributed by atoms with Crippen LogP contribution in [0.4, 0.5) is 0 Å². The van der Waals surface area contributed by atoms with E-state index in [0.717, 1.165) is 32.8 Å². The maximum atomic E-state index is 12.2. The van der Waals surface area contributed by atoms with Gasteiger partial charge in [-0.3, -0.25) is 14.3 Å². The van der Waals surface area contributed by atoms with Gasteiger partial charge >= 0.3 is 7.60 Å². The summed E-state index contributed by atoms with van der Waals surface area (Å²) in [5.41, 5.74) is 0.424. The molecule has 134 valence electrons. The van der Waals surface area contributed by atoms with Crippen molar-refractivity contribution in [2.24, 2.45) is 0 Å². The van der Waals surface area contributed by atoms with Crippen LogP contribution >= 0.6 is 7.60 Å². The molecule has 1 fully saturated rings. The number of carbonyl (C=O) groups is 1. The number of morpholine rings is 1. The summed E-state index contributed by atoms with van der Waals surface area (Å²) in [6.45, 7) is 4.67. The first-order valence-electron chi connectivity index (χ1n) is 7.83. The Kier molecular flexibility index (Phi) is 7.40. The SMILES string of the molecule is COP(=O)(CC(=O)c1cccc(OCCN2CCOCC2)c1)OC. The Morgan fingerprint density at radius 3 is 2.62 bits per heavy atom. The lowest BCUT2D eigenvalue weighted by atomic mass is 10.1. The highest BCUT2D eigenvalue weighted by atomic mass is 31.2. The van der Waals surface area contributed by atoms with Crippen molar-refractivity contribution in [1.82, 2.24) is 4.90 Å². The third-order valence-corrected chi connectivity index (χ3v) is 5.62. The highest BCUT2D eigenvalue weighted by Gasteiger charge is 2.26. The second-order valence-electron chi connectivity index (χ2n) is 5.39. The zero-order chi connectivity index (χ0) is 17.4. The molecular formula is C16H24NO6P. The third kappa shape index (κ3) is 5.69. The van der Waals surface area contributed by atoms with E-state index < -0.39 is 7.60 Å². The minimum Gasteiger partial charge on any atom is -0.492 e. The second kappa shape index (κ2) is 9.30. The van der Waals surface area contributed by atoms with E-state index in [4.69, 9.17) is 18.5 Å². The lowest BCUT2D eigenvalue weighted by molar-refractivity contribution is 0.0322. The maximum Gasteiger partial charge on any atom is 0.337 e. The first kappa shape index (κ1) is 19.1. The van der Waals surface area contributed by atoms with Crippen molar-refractivity contribution >= 4 is 13.4 Å². The predicted molar refractivity (Wildman–Crippen MR) is 90.0 cm³/mol. The van der Waals surface area contributed by atoms with Gasteiger partial charge in [0, 0.05) is 39.4 Å². The number of carbonyl (C=O) groups excluding carboxylic acids is 1. The topological polar surface area (TPSA) is 74.3 Å². The highest BCUT2D eigenvalue weighted by molar-refractivity contribution is 7.54. The van der Waals surface area contributed by atoms with Gasteiger partial charge in [0.2, 0.25) is 0 Å². The summed E-state index contributed by atoms with van der Waals surface area (Å²) in [6.07, 6.45) is -0.294. The van der Waals surface area contributed by atoms with E-state index in [1.165, 1.54) is 14.2 Å². The van der Waals surface area contributed by atoms with Crippen LogP contribution in [0.15, 0.2) is 24.3 Å². The van der Waals surface area contributed by atoms with Crippen LogP contribution in [0, 0.1) is 0 Å². The van der Waals surface area contributed by atoms with E-state index in [9.17, 15) is 9.36 Å². The number of ether oxygens (including phenoxy) is 2. The van der Waals surface area contributed by atoms with Gasteiger partial charge in [-0.05, 0) is 12.1 Å². The molecule has 0 unspecified atom stereocenters. The molecule has 0 spiro atoms. The molecule has 1 saturated heterocycles. The first-order chi connectivity index (χ1) is 11.6. The van der Waals surface area contributed by atoms with Crippen molar-refractivity contribution in [2.75, 3.05) is 59.8 Å². The third-order valence-electron chi connectivity index (χ3n) is 3.83. The fraction of sp³-hybridized carbons (Fsp3) is 0.562. The van der Waals surface area contributed by atoms with E-state index in [1.54, 1.807) is 24.3 Å². The van der Waals surface area contributed by atoms with E-state index in [-0.39, 0.29) is 11.9 Å². The molecule has 1 aromatic rings. The summed E-state index contributed by atoms with van der Waals surface area (Å²) in [5, 5.41) is 0. The van der Waals surface area contributed by atoms with E-state index in [2.05, 4.69) is 4.90 Å². The minimum absolute atomic E-state index is 0.294. The second-order valence-corrected chi connectivity index (χ2v) is 7.66. The molecule has 0 radical (unpaired) electrons. The largest absolute Gasteiger partial charge is 0.492 e. The van der Waals surface area contributed by atoms with E-state index in [1.807, 2.05) is 0 Å². The molecule has 0 saturated carbocycles. The Morgan fingerprint density at radius 1 is 1.25 bits per heavy atom. The van der Waals surface area contributed by atoms with Gasteiger partial charge in [-0.25, -0.2) is 0 Å². The quantitative estimate of drug-likeness (QED) is 0.495. The van der Waals surface area contributed by atoms with Crippen molar-refractivity contribution in [3.05, 3.63) is 29.8 Å². The first-order valence-corrected chi connectivity index (χ1v) is 9.56. The fourth-order valence-electron chi connectivity index (χ4n) is 2.35. The van der Waals surface area contributed by atoms with Gasteiger partial charge in [0.15, 0.2) is 5.78 Å². The van der Waals surface area contributed by atoms with Crippen molar-refractivity contribution in [3.8, 4) is 5.75 Å². The normalized spacial score (nSPS) is 16.1. The number of benzene rings is 1. The summed E-state index contributed by atoms with van der Waals surface area (Å²) in [5.74, 6) is 0.305. The Balaban J connectivity index is 1.88. The molecule has 1 heterocycles. The number of ketones is 1. The average Bonchev–Trinajstić information content (AvgIpc) is 2.62. The number of rotatable bonds is 9. The zero-order valence-corrected chi connectivity index (χ0v) is 15.0. The van der Waals surface area contributed by atoms with Crippen LogP contribution in [0.3, 0.4) is 0 Å². The van der Waals surface area contributed by atoms with Crippen LogP contribution in [0.5, 0.6) is 5.75 Å². The van der Waals surface area contributed by atoms with Gasteiger partial charge in [-0.1, -0.05) is 12.1 Å². The minimum atomic E-state index is -3.37. The van der Waals surface area contributed by atoms with Gasteiger partial charge in [-0.15, -0.1) is 0 Å². The van der Waals surface area contributed by atoms with Crippen molar-refractivity contribution in [1.29, 1.82) is 0 Å². The molecule has 0 amide bonds. The van der Waals surface area contributed by atoms with Crippen molar-refractivity contribution < 1.29 is 27.9 Å². The summed E-state index contributed by atoms with van der Waals surface area (Å²) in [7, 11) is -0.833. The van der Waals surface area contributed by atoms with Crippen molar-refractivity contribution in [3.63, 3.8) is 0 Å². The van der Waals surface area contributed by atoms with Gasteiger partial charge in [0.1, 0.15) is 18.5 Å². The molecular weight excluding hydrogens is 333 g/mol. The number of Topliss-reactive ketones (excluding diaryl/α,β-unsaturated/α-hetero) is 1. The van der Waals surface area contributed by atoms with Crippen LogP contribution in [-0.4, -0.2) is 70.5 Å². The molecule has 1 aliphatic heterocycles. The molecule has 24 heavy (non-hydrogen) atoms. The summed E-state index contributed by atoms with van der Waals surface area (Å²) < 4.78 is 32.7. The lowest BCUT2D eigenvalue weighted by Gasteiger charge is -2.26. The summed E-state index contributed by atoms with van der Waals surface area (Å²) in [4.78, 5) is 14.5. The Labute approximate surface area is 142 Å². The van der Waals surface area contributed by atoms with Gasteiger partial charge < -0.3 is 18.5 Å². The Hall–Kier alpha value is -1.24. The Bertz CT molecular complexity index is 580. The summed E-state index contributed by atoms with van der Waals surface area (Å²) >= 11 is 0. The molecule has 2 rings (SSSR count). The molecule has 1 aromatic carbocycles. The molecule has 7 nitrogen and oxygen atoms in total. The van der Waals surface area contributed by atoms with Crippen molar-refractivity contribution in [2.45, 2.75) is 0 Å². The van der Waals surface area contributed by atoms with Gasteiger partial charge in [0.25, 0.3) is 0 Å². The molecule has 0 atom stereocenters. The van der Waals surface area contributed by atoms with E-state index in [0.29, 0.717) is 17.9 Å². The molecule has 0 bridgehead atoms. The number of hydrogen-bond acceptors (Lipinski definition) is 7. The summed E-state index contributed by atoms with van der Waals surface area (Å²) in [6, 6.07) is 6.84. The standard InChI is InChI=1S/C16H24NO6P/c1-20-24(19,21-2)13-16(18)14-4-3-5-15(12-14)23-11-8-17-6-9-22-10-7-17/h3-5,12H,6-11,13H2,1-2H3. The molecule has 0 aliphatic carbocycles. The van der Waals surface area contributed by atoms with Crippen LogP contribution < -0.4 is 4.74 Å². The predicted octanol–water partition coefficient (Wildman–Crippen LogP) is 2.07. The van der Waals surface area contributed by atoms with Crippen LogP contribution in [0.2, 0.25) is 0 Å². The molecule has 8 heteroatoms. The number of nitrogens with zero attached hydrogens (tertiary/aromatic N) is 1. The molecule has 0 N–H and O–H groups in total. The smallest absolute Gasteiger partial charge is 0.337 e. The maximum absolute atomic E-state index is 12.2. The van der Waals surface area contributed by atoms with Gasteiger partial charge in [0.05, 0.1) is 13.2 Å². The van der Waals surface area contributed by atoms with Crippen LogP contribution in [0.25, 0.3) is 0 Å².